The molecule has 0 saturated heterocycles. The molecule has 0 unspecified atom stereocenters. The fourth-order valence-electron chi connectivity index (χ4n) is 2.33. The Morgan fingerprint density at radius 2 is 1.80 bits per heavy atom. The third-order valence-corrected chi connectivity index (χ3v) is 10.2. The van der Waals surface area contributed by atoms with Crippen molar-refractivity contribution in [2.45, 2.75) is 31.6 Å². The van der Waals surface area contributed by atoms with Crippen LogP contribution in [-0.4, -0.2) is 54.2 Å². The zero-order chi connectivity index (χ0) is 22.3. The minimum absolute atomic E-state index is 0.224. The molecule has 0 spiro atoms. The average Bonchev–Trinajstić information content (AvgIpc) is 2.72. The van der Waals surface area contributed by atoms with Gasteiger partial charge in [-0.3, -0.25) is 0 Å². The molecule has 0 aliphatic rings. The molecule has 0 aliphatic heterocycles. The van der Waals surface area contributed by atoms with Gasteiger partial charge in [-0.2, -0.15) is 0 Å². The Morgan fingerprint density at radius 3 is 2.40 bits per heavy atom. The monoisotopic (exact) mass is 496 g/mol. The molecule has 0 aromatic heterocycles. The van der Waals surface area contributed by atoms with Gasteiger partial charge in [0.15, 0.2) is 0 Å². The number of carboxylic acids is 1. The number of rotatable bonds is 9. The van der Waals surface area contributed by atoms with Gasteiger partial charge in [-0.05, 0) is 0 Å². The molecule has 1 amide bonds. The summed E-state index contributed by atoms with van der Waals surface area (Å²) in [4.78, 5) is 35.7. The zero-order valence-electron chi connectivity index (χ0n) is 16.9. The van der Waals surface area contributed by atoms with Crippen LogP contribution < -0.4 is 15.5 Å². The van der Waals surface area contributed by atoms with Crippen molar-refractivity contribution in [2.75, 3.05) is 11.9 Å². The molecule has 9 heteroatoms. The van der Waals surface area contributed by atoms with Gasteiger partial charge in [0.2, 0.25) is 0 Å². The van der Waals surface area contributed by atoms with Gasteiger partial charge in [0, 0.05) is 0 Å². The van der Waals surface area contributed by atoms with E-state index in [-0.39, 0.29) is 19.7 Å². The second-order valence-corrected chi connectivity index (χ2v) is 11.2. The van der Waals surface area contributed by atoms with Crippen molar-refractivity contribution in [3.05, 3.63) is 59.7 Å². The summed E-state index contributed by atoms with van der Waals surface area (Å²) in [6.45, 7) is 5.60. The summed E-state index contributed by atoms with van der Waals surface area (Å²) in [5, 5.41) is 12.0. The second-order valence-electron chi connectivity index (χ2n) is 6.83. The molecule has 30 heavy (non-hydrogen) atoms. The molecular weight excluding hydrogens is 471 g/mol. The van der Waals surface area contributed by atoms with Crippen molar-refractivity contribution < 1.29 is 24.2 Å². The Hall–Kier alpha value is -2.32. The van der Waals surface area contributed by atoms with Crippen LogP contribution in [0.25, 0.3) is 0 Å². The van der Waals surface area contributed by atoms with Gasteiger partial charge < -0.3 is 0 Å². The third-order valence-electron chi connectivity index (χ3n) is 4.15. The molecule has 4 N–H and O–H groups in total. The number of aliphatic carboxylic acids is 1. The van der Waals surface area contributed by atoms with Crippen molar-refractivity contribution >= 4 is 52.0 Å². The molecule has 2 aromatic carbocycles. The topological polar surface area (TPSA) is 119 Å². The van der Waals surface area contributed by atoms with E-state index in [1.165, 1.54) is 10.2 Å². The van der Waals surface area contributed by atoms with E-state index in [2.05, 4.69) is 5.32 Å². The van der Waals surface area contributed by atoms with E-state index in [1.807, 2.05) is 12.1 Å². The number of carbonyl (C=O) groups excluding carboxylic acids is 2. The van der Waals surface area contributed by atoms with Crippen LogP contribution in [-0.2, 0) is 9.53 Å². The first kappa shape index (κ1) is 24.0. The number of nitrogens with one attached hydrogen (secondary N) is 1. The summed E-state index contributed by atoms with van der Waals surface area (Å²) in [5.41, 5.74) is 7.26. The van der Waals surface area contributed by atoms with Gasteiger partial charge in [0.1, 0.15) is 0 Å². The molecule has 0 radical (unpaired) electrons. The standard InChI is InChI=1S/C21H24N2O5SSe/c1-4-28-20(27)13-9-11-14(12-10-13)23-18(24)15-7-5-6-8-16(15)30-29-21(2,3)17(22)19(25)26/h5-12,17H,4,22H2,1-3H3,(H,23,24)(H,25,26)/t17-/m0/s1. The van der Waals surface area contributed by atoms with Crippen molar-refractivity contribution in [1.82, 2.24) is 0 Å². The molecule has 2 rings (SSSR count). The van der Waals surface area contributed by atoms with Crippen molar-refractivity contribution in [3.63, 3.8) is 0 Å². The number of nitrogens with two attached hydrogens (primary N) is 1. The fourth-order valence-corrected chi connectivity index (χ4v) is 6.97. The van der Waals surface area contributed by atoms with E-state index in [0.717, 1.165) is 4.46 Å². The number of benzene rings is 2. The van der Waals surface area contributed by atoms with E-state index >= 15 is 0 Å². The SMILES string of the molecule is CCOC(=O)c1ccc(NC(=O)c2ccccc2[Se]SC(C)(C)[C@@H](N)C(=O)O)cc1. The number of esters is 1. The van der Waals surface area contributed by atoms with Gasteiger partial charge in [-0.1, -0.05) is 0 Å². The molecule has 0 aliphatic carbocycles. The Balaban J connectivity index is 2.10. The predicted octanol–water partition coefficient (Wildman–Crippen LogP) is 2.28. The molecule has 0 bridgehead atoms. The normalized spacial score (nSPS) is 12.1. The summed E-state index contributed by atoms with van der Waals surface area (Å²) >= 11 is -0.224. The first-order valence-corrected chi connectivity index (χ1v) is 12.9. The van der Waals surface area contributed by atoms with Crippen LogP contribution in [0.2, 0.25) is 0 Å². The molecule has 0 fully saturated rings. The maximum absolute atomic E-state index is 12.8. The molecule has 7 nitrogen and oxygen atoms in total. The Kier molecular flexibility index (Phi) is 8.49. The van der Waals surface area contributed by atoms with Crippen molar-refractivity contribution in [3.8, 4) is 0 Å². The number of ether oxygens (including phenoxy) is 1. The average molecular weight is 495 g/mol. The van der Waals surface area contributed by atoms with Gasteiger partial charge in [0.05, 0.1) is 0 Å². The van der Waals surface area contributed by atoms with Crippen molar-refractivity contribution in [2.24, 2.45) is 5.73 Å². The number of hydrogen-bond acceptors (Lipinski definition) is 6. The summed E-state index contributed by atoms with van der Waals surface area (Å²) in [7, 11) is 1.44. The fraction of sp³-hybridized carbons (Fsp3) is 0.286. The van der Waals surface area contributed by atoms with Crippen LogP contribution in [0.15, 0.2) is 48.5 Å². The summed E-state index contributed by atoms with van der Waals surface area (Å²) in [6.07, 6.45) is 0. The molecule has 160 valence electrons. The van der Waals surface area contributed by atoms with E-state index in [9.17, 15) is 19.5 Å². The zero-order valence-corrected chi connectivity index (χ0v) is 19.4. The van der Waals surface area contributed by atoms with Gasteiger partial charge in [-0.25, -0.2) is 0 Å². The Labute approximate surface area is 185 Å². The van der Waals surface area contributed by atoms with E-state index in [0.29, 0.717) is 23.4 Å². The first-order chi connectivity index (χ1) is 14.2. The minimum atomic E-state index is -1.06. The first-order valence-electron chi connectivity index (χ1n) is 9.17. The summed E-state index contributed by atoms with van der Waals surface area (Å²) in [6, 6.07) is 12.7. The van der Waals surface area contributed by atoms with Crippen molar-refractivity contribution in [1.29, 1.82) is 0 Å². The number of amides is 1. The number of anilines is 1. The van der Waals surface area contributed by atoms with E-state index < -0.39 is 22.7 Å². The second kappa shape index (κ2) is 10.6. The molecule has 0 saturated carbocycles. The number of carbonyl (C=O) groups is 3. The van der Waals surface area contributed by atoms with Crippen LogP contribution in [0, 0.1) is 0 Å². The van der Waals surface area contributed by atoms with Crippen LogP contribution in [0.1, 0.15) is 41.5 Å². The van der Waals surface area contributed by atoms with Crippen LogP contribution in [0.4, 0.5) is 5.69 Å². The molecule has 0 heterocycles. The number of carboxylic acid groups (broad SMARTS) is 1. The predicted molar refractivity (Wildman–Crippen MR) is 119 cm³/mol. The third kappa shape index (κ3) is 6.34. The van der Waals surface area contributed by atoms with E-state index in [4.69, 9.17) is 10.5 Å². The van der Waals surface area contributed by atoms with Gasteiger partial charge >= 0.3 is 185 Å². The Morgan fingerprint density at radius 1 is 1.17 bits per heavy atom. The quantitative estimate of drug-likeness (QED) is 0.361. The summed E-state index contributed by atoms with van der Waals surface area (Å²) in [5.74, 6) is -1.75. The van der Waals surface area contributed by atoms with Crippen LogP contribution in [0.3, 0.4) is 0 Å². The maximum atomic E-state index is 12.8. The van der Waals surface area contributed by atoms with Gasteiger partial charge in [-0.15, -0.1) is 0 Å². The summed E-state index contributed by atoms with van der Waals surface area (Å²) < 4.78 is 5.10. The van der Waals surface area contributed by atoms with Gasteiger partial charge in [0.25, 0.3) is 0 Å². The Bertz CT molecular complexity index is 918. The van der Waals surface area contributed by atoms with Crippen LogP contribution >= 0.6 is 10.2 Å². The molecule has 2 aromatic rings. The number of hydrogen-bond donors (Lipinski definition) is 3. The van der Waals surface area contributed by atoms with E-state index in [1.54, 1.807) is 57.2 Å². The molecule has 1 atom stereocenters. The van der Waals surface area contributed by atoms with Crippen LogP contribution in [0.5, 0.6) is 0 Å². The molecular formula is C21H24N2O5SSe.